The fourth-order valence-electron chi connectivity index (χ4n) is 1.44. The third kappa shape index (κ3) is 3.89. The predicted molar refractivity (Wildman–Crippen MR) is 73.0 cm³/mol. The van der Waals surface area contributed by atoms with Gasteiger partial charge in [-0.3, -0.25) is 0 Å². The number of sulfonamides is 1. The van der Waals surface area contributed by atoms with Crippen LogP contribution < -0.4 is 4.72 Å². The molecule has 0 aliphatic rings. The Kier molecular flexibility index (Phi) is 4.03. The van der Waals surface area contributed by atoms with E-state index in [0.717, 1.165) is 6.08 Å². The summed E-state index contributed by atoms with van der Waals surface area (Å²) >= 11 is 0. The summed E-state index contributed by atoms with van der Waals surface area (Å²) in [6, 6.07) is 5.42. The number of aliphatic carboxylic acids is 1. The topological polar surface area (TPSA) is 122 Å². The lowest BCUT2D eigenvalue weighted by Gasteiger charge is -2.04. The second kappa shape index (κ2) is 5.75. The number of carboxylic acids is 1. The van der Waals surface area contributed by atoms with Crippen LogP contribution in [0, 0.1) is 6.92 Å². The molecule has 0 bridgehead atoms. The van der Waals surface area contributed by atoms with Crippen molar-refractivity contribution >= 4 is 28.1 Å². The molecule has 1 heterocycles. The molecule has 110 valence electrons. The summed E-state index contributed by atoms with van der Waals surface area (Å²) in [6.45, 7) is 1.54. The molecule has 1 aromatic carbocycles. The molecule has 0 spiro atoms. The standard InChI is InChI=1S/C12H11N3O5S/c1-8-13-14-12(20-8)15-21(18,19)10-5-2-9(3-6-10)4-7-11(16)17/h2-7H,1H3,(H,14,15)(H,16,17)/b7-4+. The van der Waals surface area contributed by atoms with E-state index < -0.39 is 16.0 Å². The Morgan fingerprint density at radius 1 is 1.29 bits per heavy atom. The summed E-state index contributed by atoms with van der Waals surface area (Å²) in [7, 11) is -3.83. The summed E-state index contributed by atoms with van der Waals surface area (Å²) in [6.07, 6.45) is 2.32. The maximum atomic E-state index is 12.0. The van der Waals surface area contributed by atoms with Gasteiger partial charge >= 0.3 is 12.0 Å². The van der Waals surface area contributed by atoms with Gasteiger partial charge in [-0.25, -0.2) is 17.9 Å². The summed E-state index contributed by atoms with van der Waals surface area (Å²) in [5, 5.41) is 15.6. The third-order valence-electron chi connectivity index (χ3n) is 2.36. The molecular weight excluding hydrogens is 298 g/mol. The molecule has 0 aliphatic heterocycles. The average Bonchev–Trinajstić information content (AvgIpc) is 2.81. The molecule has 2 aromatic rings. The first-order chi connectivity index (χ1) is 9.87. The van der Waals surface area contributed by atoms with Crippen LogP contribution in [0.3, 0.4) is 0 Å². The minimum absolute atomic E-state index is 0.00849. The Balaban J connectivity index is 2.19. The molecule has 0 saturated carbocycles. The Morgan fingerprint density at radius 2 is 1.95 bits per heavy atom. The number of anilines is 1. The highest BCUT2D eigenvalue weighted by Crippen LogP contribution is 2.16. The van der Waals surface area contributed by atoms with Crippen LogP contribution in [0.4, 0.5) is 6.01 Å². The van der Waals surface area contributed by atoms with Crippen LogP contribution in [0.25, 0.3) is 6.08 Å². The van der Waals surface area contributed by atoms with Crippen molar-refractivity contribution in [2.45, 2.75) is 11.8 Å². The molecule has 0 fully saturated rings. The van der Waals surface area contributed by atoms with Crippen molar-refractivity contribution in [2.75, 3.05) is 4.72 Å². The van der Waals surface area contributed by atoms with Gasteiger partial charge in [-0.15, -0.1) is 5.10 Å². The highest BCUT2D eigenvalue weighted by molar-refractivity contribution is 7.92. The van der Waals surface area contributed by atoms with Gasteiger partial charge in [0.05, 0.1) is 4.90 Å². The van der Waals surface area contributed by atoms with Gasteiger partial charge in [0, 0.05) is 13.0 Å². The quantitative estimate of drug-likeness (QED) is 0.797. The molecule has 0 amide bonds. The number of aromatic nitrogens is 2. The van der Waals surface area contributed by atoms with Crippen molar-refractivity contribution in [3.63, 3.8) is 0 Å². The molecule has 8 nitrogen and oxygen atoms in total. The van der Waals surface area contributed by atoms with E-state index in [0.29, 0.717) is 5.56 Å². The van der Waals surface area contributed by atoms with E-state index in [2.05, 4.69) is 14.9 Å². The Labute approximate surface area is 120 Å². The van der Waals surface area contributed by atoms with E-state index in [1.807, 2.05) is 0 Å². The van der Waals surface area contributed by atoms with Crippen LogP contribution in [-0.4, -0.2) is 29.7 Å². The second-order valence-electron chi connectivity index (χ2n) is 3.97. The zero-order valence-electron chi connectivity index (χ0n) is 10.8. The van der Waals surface area contributed by atoms with Gasteiger partial charge in [0.1, 0.15) is 0 Å². The van der Waals surface area contributed by atoms with Crippen molar-refractivity contribution in [3.05, 3.63) is 41.8 Å². The molecule has 0 radical (unpaired) electrons. The zero-order valence-corrected chi connectivity index (χ0v) is 11.7. The van der Waals surface area contributed by atoms with Crippen LogP contribution in [0.5, 0.6) is 0 Å². The minimum atomic E-state index is -3.83. The van der Waals surface area contributed by atoms with Gasteiger partial charge in [-0.2, -0.15) is 0 Å². The summed E-state index contributed by atoms with van der Waals surface area (Å²) in [5.74, 6) is -0.845. The van der Waals surface area contributed by atoms with Gasteiger partial charge in [0.2, 0.25) is 5.89 Å². The van der Waals surface area contributed by atoms with Crippen molar-refractivity contribution in [2.24, 2.45) is 0 Å². The minimum Gasteiger partial charge on any atom is -0.478 e. The molecule has 0 aliphatic carbocycles. The number of hydrogen-bond donors (Lipinski definition) is 2. The predicted octanol–water partition coefficient (Wildman–Crippen LogP) is 1.28. The zero-order chi connectivity index (χ0) is 15.5. The highest BCUT2D eigenvalue weighted by atomic mass is 32.2. The SMILES string of the molecule is Cc1nnc(NS(=O)(=O)c2ccc(/C=C/C(=O)O)cc2)o1. The number of nitrogens with zero attached hydrogens (tertiary/aromatic N) is 2. The van der Waals surface area contributed by atoms with E-state index >= 15 is 0 Å². The van der Waals surface area contributed by atoms with Gasteiger partial charge in [-0.1, -0.05) is 17.2 Å². The van der Waals surface area contributed by atoms with Crippen LogP contribution in [0.1, 0.15) is 11.5 Å². The lowest BCUT2D eigenvalue weighted by Crippen LogP contribution is -2.13. The summed E-state index contributed by atoms with van der Waals surface area (Å²) in [4.78, 5) is 10.4. The molecule has 1 aromatic heterocycles. The van der Waals surface area contributed by atoms with E-state index in [1.165, 1.54) is 37.3 Å². The van der Waals surface area contributed by atoms with Gasteiger partial charge in [-0.05, 0) is 23.8 Å². The Hall–Kier alpha value is -2.68. The molecule has 0 unspecified atom stereocenters. The maximum Gasteiger partial charge on any atom is 0.329 e. The maximum absolute atomic E-state index is 12.0. The number of hydrogen-bond acceptors (Lipinski definition) is 6. The number of benzene rings is 1. The third-order valence-corrected chi connectivity index (χ3v) is 3.69. The lowest BCUT2D eigenvalue weighted by atomic mass is 10.2. The van der Waals surface area contributed by atoms with Crippen LogP contribution >= 0.6 is 0 Å². The first-order valence-electron chi connectivity index (χ1n) is 5.71. The molecule has 2 N–H and O–H groups in total. The van der Waals surface area contributed by atoms with Crippen molar-refractivity contribution in [1.82, 2.24) is 10.2 Å². The van der Waals surface area contributed by atoms with Gasteiger partial charge < -0.3 is 9.52 Å². The molecule has 2 rings (SSSR count). The lowest BCUT2D eigenvalue weighted by molar-refractivity contribution is -0.131. The number of carboxylic acid groups (broad SMARTS) is 1. The fraction of sp³-hybridized carbons (Fsp3) is 0.0833. The number of carbonyl (C=O) groups is 1. The van der Waals surface area contributed by atoms with Crippen LogP contribution in [-0.2, 0) is 14.8 Å². The summed E-state index contributed by atoms with van der Waals surface area (Å²) in [5.41, 5.74) is 0.560. The number of nitrogens with one attached hydrogen (secondary N) is 1. The Morgan fingerprint density at radius 3 is 2.48 bits per heavy atom. The molecular formula is C12H11N3O5S. The van der Waals surface area contributed by atoms with Crippen molar-refractivity contribution in [3.8, 4) is 0 Å². The van der Waals surface area contributed by atoms with Crippen LogP contribution in [0.15, 0.2) is 39.7 Å². The summed E-state index contributed by atoms with van der Waals surface area (Å²) < 4.78 is 31.2. The largest absolute Gasteiger partial charge is 0.478 e. The first-order valence-corrected chi connectivity index (χ1v) is 7.19. The van der Waals surface area contributed by atoms with Crippen molar-refractivity contribution in [1.29, 1.82) is 0 Å². The van der Waals surface area contributed by atoms with E-state index in [4.69, 9.17) is 9.52 Å². The first kappa shape index (κ1) is 14.7. The monoisotopic (exact) mass is 309 g/mol. The molecule has 9 heteroatoms. The molecule has 21 heavy (non-hydrogen) atoms. The molecule has 0 atom stereocenters. The van der Waals surface area contributed by atoms with Crippen molar-refractivity contribution < 1.29 is 22.7 Å². The normalized spacial score (nSPS) is 11.7. The smallest absolute Gasteiger partial charge is 0.329 e. The van der Waals surface area contributed by atoms with Gasteiger partial charge in [0.25, 0.3) is 10.0 Å². The van der Waals surface area contributed by atoms with Gasteiger partial charge in [0.15, 0.2) is 0 Å². The highest BCUT2D eigenvalue weighted by Gasteiger charge is 2.17. The number of aryl methyl sites for hydroxylation is 1. The van der Waals surface area contributed by atoms with E-state index in [9.17, 15) is 13.2 Å². The number of rotatable bonds is 5. The van der Waals surface area contributed by atoms with E-state index in [-0.39, 0.29) is 16.8 Å². The molecule has 0 saturated heterocycles. The average molecular weight is 309 g/mol. The van der Waals surface area contributed by atoms with Crippen LogP contribution in [0.2, 0.25) is 0 Å². The van der Waals surface area contributed by atoms with E-state index in [1.54, 1.807) is 0 Å². The Bertz CT molecular complexity index is 777. The fourth-order valence-corrected chi connectivity index (χ4v) is 2.36. The second-order valence-corrected chi connectivity index (χ2v) is 5.65.